The highest BCUT2D eigenvalue weighted by Gasteiger charge is 2.46. The number of Topliss-reactive ketones (excluding diaryl/α,β-unsaturated/α-hetero) is 1. The Balaban J connectivity index is 2.09. The summed E-state index contributed by atoms with van der Waals surface area (Å²) in [5.74, 6) is -1.10. The van der Waals surface area contributed by atoms with E-state index < -0.39 is 17.7 Å². The second-order valence-electron chi connectivity index (χ2n) is 7.70. The standard InChI is InChI=1S/C24H25Cl2NO5/c1-14(2)32-17-8-5-15(6-9-17)22(28)20-21(18-10-7-16(25)13-19(18)26)27(11-4-12-31-3)24(30)23(20)29/h5-10,13-14,21,28H,4,11-12H2,1-3H3/t21-/m0/s1. The van der Waals surface area contributed by atoms with E-state index in [-0.39, 0.29) is 24.0 Å². The van der Waals surface area contributed by atoms with E-state index in [1.165, 1.54) is 4.90 Å². The third-order valence-electron chi connectivity index (χ3n) is 5.04. The van der Waals surface area contributed by atoms with Gasteiger partial charge in [-0.3, -0.25) is 9.59 Å². The zero-order valence-corrected chi connectivity index (χ0v) is 19.6. The molecule has 0 spiro atoms. The van der Waals surface area contributed by atoms with Gasteiger partial charge in [-0.05, 0) is 62.2 Å². The molecule has 0 aromatic heterocycles. The first-order chi connectivity index (χ1) is 15.2. The molecule has 1 heterocycles. The van der Waals surface area contributed by atoms with Crippen molar-refractivity contribution in [2.24, 2.45) is 0 Å². The number of ketones is 1. The molecule has 0 radical (unpaired) electrons. The molecular formula is C24H25Cl2NO5. The van der Waals surface area contributed by atoms with Gasteiger partial charge < -0.3 is 19.5 Å². The van der Waals surface area contributed by atoms with Crippen LogP contribution in [-0.2, 0) is 14.3 Å². The van der Waals surface area contributed by atoms with Gasteiger partial charge in [0.05, 0.1) is 17.7 Å². The fraction of sp³-hybridized carbons (Fsp3) is 0.333. The summed E-state index contributed by atoms with van der Waals surface area (Å²) in [5, 5.41) is 11.8. The molecule has 1 aliphatic rings. The molecule has 2 aromatic rings. The van der Waals surface area contributed by atoms with Crippen molar-refractivity contribution >= 4 is 40.7 Å². The van der Waals surface area contributed by atoms with Crippen LogP contribution in [0.2, 0.25) is 10.0 Å². The van der Waals surface area contributed by atoms with Crippen molar-refractivity contribution in [2.75, 3.05) is 20.3 Å². The normalized spacial score (nSPS) is 17.9. The van der Waals surface area contributed by atoms with Crippen LogP contribution in [0.3, 0.4) is 0 Å². The Bertz CT molecular complexity index is 1030. The maximum absolute atomic E-state index is 13.0. The van der Waals surface area contributed by atoms with Crippen LogP contribution in [0.4, 0.5) is 0 Å². The molecular weight excluding hydrogens is 453 g/mol. The number of aliphatic hydroxyl groups excluding tert-OH is 1. The van der Waals surface area contributed by atoms with Crippen LogP contribution in [0.15, 0.2) is 48.0 Å². The number of amides is 1. The van der Waals surface area contributed by atoms with Gasteiger partial charge in [0.2, 0.25) is 0 Å². The van der Waals surface area contributed by atoms with Crippen LogP contribution in [0.1, 0.15) is 37.4 Å². The average molecular weight is 478 g/mol. The molecule has 2 aromatic carbocycles. The predicted molar refractivity (Wildman–Crippen MR) is 124 cm³/mol. The van der Waals surface area contributed by atoms with Crippen molar-refractivity contribution in [3.63, 3.8) is 0 Å². The molecule has 0 aliphatic carbocycles. The zero-order valence-electron chi connectivity index (χ0n) is 18.1. The van der Waals surface area contributed by atoms with E-state index in [9.17, 15) is 14.7 Å². The van der Waals surface area contributed by atoms with E-state index in [1.54, 1.807) is 49.6 Å². The zero-order chi connectivity index (χ0) is 23.4. The molecule has 0 bridgehead atoms. The smallest absolute Gasteiger partial charge is 0.295 e. The molecule has 0 saturated carbocycles. The number of benzene rings is 2. The minimum absolute atomic E-state index is 0.00100. The lowest BCUT2D eigenvalue weighted by molar-refractivity contribution is -0.140. The molecule has 1 saturated heterocycles. The highest BCUT2D eigenvalue weighted by Crippen LogP contribution is 2.42. The van der Waals surface area contributed by atoms with Crippen molar-refractivity contribution in [2.45, 2.75) is 32.4 Å². The number of rotatable bonds is 8. The Kier molecular flexibility index (Phi) is 7.82. The number of hydrogen-bond donors (Lipinski definition) is 1. The maximum atomic E-state index is 13.0. The highest BCUT2D eigenvalue weighted by molar-refractivity contribution is 6.47. The topological polar surface area (TPSA) is 76.1 Å². The fourth-order valence-corrected chi connectivity index (χ4v) is 4.17. The quantitative estimate of drug-likeness (QED) is 0.243. The fourth-order valence-electron chi connectivity index (χ4n) is 3.66. The van der Waals surface area contributed by atoms with Gasteiger partial charge in [-0.2, -0.15) is 0 Å². The number of carbonyl (C=O) groups is 2. The minimum atomic E-state index is -0.844. The van der Waals surface area contributed by atoms with Crippen molar-refractivity contribution < 1.29 is 24.2 Å². The van der Waals surface area contributed by atoms with Gasteiger partial charge in [-0.1, -0.05) is 29.3 Å². The number of nitrogens with zero attached hydrogens (tertiary/aromatic N) is 1. The molecule has 3 rings (SSSR count). The summed E-state index contributed by atoms with van der Waals surface area (Å²) in [7, 11) is 1.56. The average Bonchev–Trinajstić information content (AvgIpc) is 2.98. The summed E-state index contributed by atoms with van der Waals surface area (Å²) in [6.45, 7) is 4.50. The third-order valence-corrected chi connectivity index (χ3v) is 5.61. The summed E-state index contributed by atoms with van der Waals surface area (Å²) in [6.07, 6.45) is 0.519. The summed E-state index contributed by atoms with van der Waals surface area (Å²) in [5.41, 5.74) is 0.884. The van der Waals surface area contributed by atoms with Crippen LogP contribution in [-0.4, -0.2) is 48.1 Å². The van der Waals surface area contributed by atoms with Gasteiger partial charge in [0.1, 0.15) is 11.5 Å². The Morgan fingerprint density at radius 3 is 2.41 bits per heavy atom. The minimum Gasteiger partial charge on any atom is -0.507 e. The van der Waals surface area contributed by atoms with Crippen LogP contribution < -0.4 is 4.74 Å². The number of likely N-dealkylation sites (tertiary alicyclic amines) is 1. The van der Waals surface area contributed by atoms with Crippen LogP contribution in [0, 0.1) is 0 Å². The monoisotopic (exact) mass is 477 g/mol. The number of carbonyl (C=O) groups excluding carboxylic acids is 2. The van der Waals surface area contributed by atoms with E-state index in [4.69, 9.17) is 32.7 Å². The molecule has 0 unspecified atom stereocenters. The lowest BCUT2D eigenvalue weighted by Crippen LogP contribution is -2.31. The molecule has 6 nitrogen and oxygen atoms in total. The van der Waals surface area contributed by atoms with E-state index in [0.29, 0.717) is 39.9 Å². The lowest BCUT2D eigenvalue weighted by atomic mass is 9.95. The van der Waals surface area contributed by atoms with E-state index in [0.717, 1.165) is 0 Å². The van der Waals surface area contributed by atoms with Crippen LogP contribution in [0.25, 0.3) is 5.76 Å². The molecule has 8 heteroatoms. The number of methoxy groups -OCH3 is 1. The molecule has 1 aliphatic heterocycles. The first-order valence-electron chi connectivity index (χ1n) is 10.2. The highest BCUT2D eigenvalue weighted by atomic mass is 35.5. The van der Waals surface area contributed by atoms with E-state index >= 15 is 0 Å². The Labute approximate surface area is 197 Å². The molecule has 1 fully saturated rings. The van der Waals surface area contributed by atoms with Crippen molar-refractivity contribution in [3.8, 4) is 5.75 Å². The van der Waals surface area contributed by atoms with Gasteiger partial charge in [0.25, 0.3) is 11.7 Å². The molecule has 32 heavy (non-hydrogen) atoms. The van der Waals surface area contributed by atoms with Crippen molar-refractivity contribution in [3.05, 3.63) is 69.2 Å². The number of aliphatic hydroxyl groups is 1. The SMILES string of the molecule is COCCCN1C(=O)C(=O)C(=C(O)c2ccc(OC(C)C)cc2)[C@@H]1c1ccc(Cl)cc1Cl. The molecule has 1 atom stereocenters. The number of halogens is 2. The Morgan fingerprint density at radius 2 is 1.81 bits per heavy atom. The Hall–Kier alpha value is -2.54. The van der Waals surface area contributed by atoms with E-state index in [1.807, 2.05) is 13.8 Å². The first kappa shape index (κ1) is 24.1. The van der Waals surface area contributed by atoms with Crippen LogP contribution >= 0.6 is 23.2 Å². The number of ether oxygens (including phenoxy) is 2. The maximum Gasteiger partial charge on any atom is 0.295 e. The van der Waals surface area contributed by atoms with Gasteiger partial charge in [-0.15, -0.1) is 0 Å². The lowest BCUT2D eigenvalue weighted by Gasteiger charge is -2.26. The third kappa shape index (κ3) is 5.09. The van der Waals surface area contributed by atoms with E-state index in [2.05, 4.69) is 0 Å². The van der Waals surface area contributed by atoms with Gasteiger partial charge >= 0.3 is 0 Å². The van der Waals surface area contributed by atoms with Gasteiger partial charge in [0.15, 0.2) is 0 Å². The molecule has 170 valence electrons. The first-order valence-corrected chi connectivity index (χ1v) is 11.0. The predicted octanol–water partition coefficient (Wildman–Crippen LogP) is 5.24. The second-order valence-corrected chi connectivity index (χ2v) is 8.54. The summed E-state index contributed by atoms with van der Waals surface area (Å²) in [6, 6.07) is 10.7. The van der Waals surface area contributed by atoms with Gasteiger partial charge in [0, 0.05) is 35.9 Å². The largest absolute Gasteiger partial charge is 0.507 e. The van der Waals surface area contributed by atoms with Crippen LogP contribution in [0.5, 0.6) is 5.75 Å². The van der Waals surface area contributed by atoms with Gasteiger partial charge in [-0.25, -0.2) is 0 Å². The summed E-state index contributed by atoms with van der Waals surface area (Å²) < 4.78 is 10.7. The van der Waals surface area contributed by atoms with Crippen molar-refractivity contribution in [1.29, 1.82) is 0 Å². The van der Waals surface area contributed by atoms with Crippen molar-refractivity contribution in [1.82, 2.24) is 4.90 Å². The Morgan fingerprint density at radius 1 is 1.12 bits per heavy atom. The molecule has 1 N–H and O–H groups in total. The summed E-state index contributed by atoms with van der Waals surface area (Å²) in [4.78, 5) is 27.3. The molecule has 1 amide bonds. The second kappa shape index (κ2) is 10.4. The summed E-state index contributed by atoms with van der Waals surface area (Å²) >= 11 is 12.5. The number of hydrogen-bond acceptors (Lipinski definition) is 5.